The smallest absolute Gasteiger partial charge is 0.303 e. The first-order valence-corrected chi connectivity index (χ1v) is 10.1. The van der Waals surface area contributed by atoms with Gasteiger partial charge in [0.05, 0.1) is 5.52 Å². The summed E-state index contributed by atoms with van der Waals surface area (Å²) in [6.07, 6.45) is 0.494. The summed E-state index contributed by atoms with van der Waals surface area (Å²) in [5.41, 5.74) is 4.90. The number of aryl methyl sites for hydroxylation is 1. The van der Waals surface area contributed by atoms with Gasteiger partial charge in [-0.05, 0) is 42.7 Å². The molecule has 0 aliphatic carbocycles. The maximum Gasteiger partial charge on any atom is 0.303 e. The second-order valence-electron chi connectivity index (χ2n) is 7.42. The van der Waals surface area contributed by atoms with E-state index in [1.807, 2.05) is 24.3 Å². The molecule has 4 aromatic rings. The second kappa shape index (κ2) is 8.92. The summed E-state index contributed by atoms with van der Waals surface area (Å²) in [6, 6.07) is 20.7. The number of aromatic nitrogens is 2. The van der Waals surface area contributed by atoms with Gasteiger partial charge in [-0.3, -0.25) is 4.79 Å². The average molecular weight is 415 g/mol. The van der Waals surface area contributed by atoms with Crippen molar-refractivity contribution in [1.29, 1.82) is 0 Å². The lowest BCUT2D eigenvalue weighted by Crippen LogP contribution is -2.08. The highest BCUT2D eigenvalue weighted by atomic mass is 19.1. The van der Waals surface area contributed by atoms with E-state index in [4.69, 9.17) is 5.11 Å². The molecular weight excluding hydrogens is 393 g/mol. The summed E-state index contributed by atoms with van der Waals surface area (Å²) in [5, 5.41) is 12.5. The molecule has 0 bridgehead atoms. The summed E-state index contributed by atoms with van der Waals surface area (Å²) >= 11 is 0. The van der Waals surface area contributed by atoms with E-state index in [1.54, 1.807) is 6.07 Å². The maximum atomic E-state index is 13.8. The van der Waals surface area contributed by atoms with Gasteiger partial charge in [-0.15, -0.1) is 0 Å². The third kappa shape index (κ3) is 4.86. The molecule has 1 heterocycles. The number of rotatable bonds is 7. The lowest BCUT2D eigenvalue weighted by atomic mass is 10.0. The van der Waals surface area contributed by atoms with E-state index in [0.29, 0.717) is 35.5 Å². The number of benzene rings is 3. The fourth-order valence-electron chi connectivity index (χ4n) is 3.37. The SMILES string of the molecule is Cc1ccc(-c2ccc(-c3nc(NCCCC(=O)O)c4cc(F)ccc4n3)cc2)cc1. The van der Waals surface area contributed by atoms with Gasteiger partial charge in [0.25, 0.3) is 0 Å². The first-order valence-electron chi connectivity index (χ1n) is 10.1. The van der Waals surface area contributed by atoms with Crippen molar-refractivity contribution in [1.82, 2.24) is 9.97 Å². The summed E-state index contributed by atoms with van der Waals surface area (Å²) in [5.74, 6) is -0.211. The predicted octanol–water partition coefficient (Wildman–Crippen LogP) is 5.69. The zero-order valence-corrected chi connectivity index (χ0v) is 17.1. The minimum absolute atomic E-state index is 0.0533. The minimum Gasteiger partial charge on any atom is -0.481 e. The fourth-order valence-corrected chi connectivity index (χ4v) is 3.37. The van der Waals surface area contributed by atoms with Gasteiger partial charge in [-0.1, -0.05) is 54.1 Å². The topological polar surface area (TPSA) is 75.1 Å². The van der Waals surface area contributed by atoms with Gasteiger partial charge in [0.1, 0.15) is 11.6 Å². The minimum atomic E-state index is -0.852. The number of hydrogen-bond acceptors (Lipinski definition) is 4. The quantitative estimate of drug-likeness (QED) is 0.379. The third-order valence-corrected chi connectivity index (χ3v) is 5.05. The standard InChI is InChI=1S/C25H22FN3O2/c1-16-4-6-17(7-5-16)18-8-10-19(11-9-18)24-28-22-13-12-20(26)15-21(22)25(29-24)27-14-2-3-23(30)31/h4-13,15H,2-3,14H2,1H3,(H,30,31)(H,27,28,29). The van der Waals surface area contributed by atoms with E-state index in [2.05, 4.69) is 46.5 Å². The highest BCUT2D eigenvalue weighted by Gasteiger charge is 2.11. The monoisotopic (exact) mass is 415 g/mol. The molecule has 156 valence electrons. The predicted molar refractivity (Wildman–Crippen MR) is 120 cm³/mol. The molecule has 4 rings (SSSR count). The van der Waals surface area contributed by atoms with E-state index in [1.165, 1.54) is 17.7 Å². The molecule has 0 unspecified atom stereocenters. The van der Waals surface area contributed by atoms with Crippen LogP contribution >= 0.6 is 0 Å². The Morgan fingerprint density at radius 3 is 2.26 bits per heavy atom. The number of carboxylic acids is 1. The maximum absolute atomic E-state index is 13.8. The number of anilines is 1. The van der Waals surface area contributed by atoms with Crippen molar-refractivity contribution in [3.8, 4) is 22.5 Å². The molecule has 1 aromatic heterocycles. The van der Waals surface area contributed by atoms with Crippen LogP contribution in [-0.2, 0) is 4.79 Å². The largest absolute Gasteiger partial charge is 0.481 e. The Balaban J connectivity index is 1.65. The van der Waals surface area contributed by atoms with Crippen LogP contribution in [-0.4, -0.2) is 27.6 Å². The van der Waals surface area contributed by atoms with Crippen molar-refractivity contribution >= 4 is 22.7 Å². The van der Waals surface area contributed by atoms with Crippen LogP contribution in [0.25, 0.3) is 33.4 Å². The molecule has 0 saturated heterocycles. The van der Waals surface area contributed by atoms with E-state index in [9.17, 15) is 9.18 Å². The van der Waals surface area contributed by atoms with Crippen LogP contribution in [0.5, 0.6) is 0 Å². The van der Waals surface area contributed by atoms with Crippen LogP contribution in [0.2, 0.25) is 0 Å². The molecule has 0 saturated carbocycles. The van der Waals surface area contributed by atoms with Crippen LogP contribution in [0.4, 0.5) is 10.2 Å². The summed E-state index contributed by atoms with van der Waals surface area (Å²) in [7, 11) is 0. The molecule has 0 amide bonds. The van der Waals surface area contributed by atoms with Crippen molar-refractivity contribution in [3.63, 3.8) is 0 Å². The number of hydrogen-bond donors (Lipinski definition) is 2. The lowest BCUT2D eigenvalue weighted by Gasteiger charge is -2.11. The number of nitrogens with one attached hydrogen (secondary N) is 1. The molecule has 0 radical (unpaired) electrons. The number of fused-ring (bicyclic) bond motifs is 1. The number of aliphatic carboxylic acids is 1. The van der Waals surface area contributed by atoms with Crippen LogP contribution in [0, 0.1) is 12.7 Å². The van der Waals surface area contributed by atoms with Gasteiger partial charge in [0, 0.05) is 23.9 Å². The molecule has 6 heteroatoms. The number of halogens is 1. The van der Waals surface area contributed by atoms with Gasteiger partial charge in [0.15, 0.2) is 5.82 Å². The Bertz CT molecular complexity index is 1220. The van der Waals surface area contributed by atoms with Crippen molar-refractivity contribution in [3.05, 3.63) is 78.1 Å². The fraction of sp³-hybridized carbons (Fsp3) is 0.160. The Morgan fingerprint density at radius 1 is 0.935 bits per heavy atom. The Hall–Kier alpha value is -3.80. The Kier molecular flexibility index (Phi) is 5.89. The normalized spacial score (nSPS) is 10.9. The highest BCUT2D eigenvalue weighted by molar-refractivity contribution is 5.90. The number of carbonyl (C=O) groups is 1. The van der Waals surface area contributed by atoms with Gasteiger partial charge >= 0.3 is 5.97 Å². The molecular formula is C25H22FN3O2. The zero-order valence-electron chi connectivity index (χ0n) is 17.1. The van der Waals surface area contributed by atoms with Gasteiger partial charge < -0.3 is 10.4 Å². The molecule has 0 spiro atoms. The van der Waals surface area contributed by atoms with Crippen LogP contribution in [0.3, 0.4) is 0 Å². The number of carboxylic acid groups (broad SMARTS) is 1. The molecule has 0 fully saturated rings. The van der Waals surface area contributed by atoms with Crippen LogP contribution < -0.4 is 5.32 Å². The average Bonchev–Trinajstić information content (AvgIpc) is 2.77. The number of nitrogens with zero attached hydrogens (tertiary/aromatic N) is 2. The van der Waals surface area contributed by atoms with E-state index in [0.717, 1.165) is 16.7 Å². The van der Waals surface area contributed by atoms with Crippen LogP contribution in [0.15, 0.2) is 66.7 Å². The molecule has 2 N–H and O–H groups in total. The van der Waals surface area contributed by atoms with Crippen molar-refractivity contribution in [2.45, 2.75) is 19.8 Å². The summed E-state index contributed by atoms with van der Waals surface area (Å²) in [4.78, 5) is 20.0. The van der Waals surface area contributed by atoms with Gasteiger partial charge in [-0.25, -0.2) is 14.4 Å². The first kappa shape index (κ1) is 20.5. The Morgan fingerprint density at radius 2 is 1.58 bits per heavy atom. The van der Waals surface area contributed by atoms with Crippen LogP contribution in [0.1, 0.15) is 18.4 Å². The summed E-state index contributed by atoms with van der Waals surface area (Å²) in [6.45, 7) is 2.48. The molecule has 5 nitrogen and oxygen atoms in total. The van der Waals surface area contributed by atoms with Crippen molar-refractivity contribution in [2.24, 2.45) is 0 Å². The lowest BCUT2D eigenvalue weighted by molar-refractivity contribution is -0.137. The second-order valence-corrected chi connectivity index (χ2v) is 7.42. The van der Waals surface area contributed by atoms with Crippen molar-refractivity contribution < 1.29 is 14.3 Å². The van der Waals surface area contributed by atoms with Gasteiger partial charge in [-0.2, -0.15) is 0 Å². The molecule has 0 aliphatic rings. The molecule has 0 atom stereocenters. The van der Waals surface area contributed by atoms with E-state index >= 15 is 0 Å². The summed E-state index contributed by atoms with van der Waals surface area (Å²) < 4.78 is 13.8. The first-order chi connectivity index (χ1) is 15.0. The van der Waals surface area contributed by atoms with E-state index in [-0.39, 0.29) is 12.2 Å². The molecule has 31 heavy (non-hydrogen) atoms. The third-order valence-electron chi connectivity index (χ3n) is 5.05. The highest BCUT2D eigenvalue weighted by Crippen LogP contribution is 2.28. The Labute approximate surface area is 179 Å². The van der Waals surface area contributed by atoms with E-state index < -0.39 is 5.97 Å². The zero-order chi connectivity index (χ0) is 21.8. The molecule has 0 aliphatic heterocycles. The molecule has 3 aromatic carbocycles. The van der Waals surface area contributed by atoms with Gasteiger partial charge in [0.2, 0.25) is 0 Å². The van der Waals surface area contributed by atoms with Crippen molar-refractivity contribution in [2.75, 3.05) is 11.9 Å².